The number of rotatable bonds is 4. The Morgan fingerprint density at radius 1 is 1.41 bits per heavy atom. The number of aromatic amines is 1. The second kappa shape index (κ2) is 5.53. The van der Waals surface area contributed by atoms with Crippen LogP contribution in [-0.4, -0.2) is 39.3 Å². The maximum absolute atomic E-state index is 13.5. The van der Waals surface area contributed by atoms with E-state index in [9.17, 15) is 4.39 Å². The lowest BCUT2D eigenvalue weighted by molar-refractivity contribution is -0.638. The molecule has 0 aliphatic carbocycles. The first-order valence-electron chi connectivity index (χ1n) is 7.70. The summed E-state index contributed by atoms with van der Waals surface area (Å²) in [5, 5.41) is 3.26. The van der Waals surface area contributed by atoms with Crippen LogP contribution in [0.5, 0.6) is 0 Å². The molecule has 114 valence electrons. The molecule has 3 aromatic rings. The number of halogens is 1. The van der Waals surface area contributed by atoms with E-state index in [1.54, 1.807) is 6.33 Å². The highest BCUT2D eigenvalue weighted by atomic mass is 19.1. The number of H-pyrrole nitrogens is 1. The largest absolute Gasteiger partial charge is 0.347 e. The Morgan fingerprint density at radius 3 is 3.18 bits per heavy atom. The third kappa shape index (κ3) is 2.20. The highest BCUT2D eigenvalue weighted by Crippen LogP contribution is 2.29. The number of nitrogens with one attached hydrogen (secondary N) is 1. The van der Waals surface area contributed by atoms with Gasteiger partial charge in [0.2, 0.25) is 0 Å². The standard InChI is InChI=1S/C16H18FN5/c17-7-14(11-1-4-18-8-11)22-6-3-12(9-22)15-13-2-5-19-16(13)21-10-20-15/h2-3,5-6,9-11,14,18H,1,4,7-8H2,(H,19,20,21)/p+1. The Kier molecular flexibility index (Phi) is 3.38. The van der Waals surface area contributed by atoms with Crippen LogP contribution in [0.3, 0.4) is 0 Å². The molecule has 3 N–H and O–H groups in total. The van der Waals surface area contributed by atoms with Crippen molar-refractivity contribution in [3.63, 3.8) is 0 Å². The van der Waals surface area contributed by atoms with E-state index in [-0.39, 0.29) is 12.7 Å². The summed E-state index contributed by atoms with van der Waals surface area (Å²) < 4.78 is 15.6. The van der Waals surface area contributed by atoms with E-state index in [0.29, 0.717) is 5.92 Å². The predicted molar refractivity (Wildman–Crippen MR) is 82.1 cm³/mol. The molecule has 3 aromatic heterocycles. The average molecular weight is 300 g/mol. The van der Waals surface area contributed by atoms with Crippen LogP contribution in [0.15, 0.2) is 37.1 Å². The number of quaternary nitrogens is 1. The first-order valence-corrected chi connectivity index (χ1v) is 7.70. The Balaban J connectivity index is 1.70. The van der Waals surface area contributed by atoms with Crippen LogP contribution < -0.4 is 5.32 Å². The molecule has 2 atom stereocenters. The van der Waals surface area contributed by atoms with E-state index in [1.807, 2.05) is 35.3 Å². The minimum absolute atomic E-state index is 0.0731. The Labute approximate surface area is 127 Å². The summed E-state index contributed by atoms with van der Waals surface area (Å²) in [4.78, 5) is 11.7. The van der Waals surface area contributed by atoms with Crippen molar-refractivity contribution in [1.29, 1.82) is 0 Å². The second-order valence-corrected chi connectivity index (χ2v) is 5.89. The fraction of sp³-hybridized carbons (Fsp3) is 0.375. The summed E-state index contributed by atoms with van der Waals surface area (Å²) in [6.45, 7) is 1.79. The third-order valence-corrected chi connectivity index (χ3v) is 4.64. The van der Waals surface area contributed by atoms with E-state index >= 15 is 0 Å². The van der Waals surface area contributed by atoms with Crippen LogP contribution in [0.1, 0.15) is 12.5 Å². The van der Waals surface area contributed by atoms with Gasteiger partial charge >= 0.3 is 0 Å². The van der Waals surface area contributed by atoms with Gasteiger partial charge in [-0.2, -0.15) is 0 Å². The lowest BCUT2D eigenvalue weighted by atomic mass is 10.00. The van der Waals surface area contributed by atoms with E-state index in [0.717, 1.165) is 41.8 Å². The van der Waals surface area contributed by atoms with Crippen molar-refractivity contribution in [3.8, 4) is 11.3 Å². The molecule has 0 amide bonds. The molecule has 1 fully saturated rings. The quantitative estimate of drug-likeness (QED) is 0.767. The summed E-state index contributed by atoms with van der Waals surface area (Å²) in [7, 11) is 0. The van der Waals surface area contributed by atoms with Crippen LogP contribution >= 0.6 is 0 Å². The van der Waals surface area contributed by atoms with Gasteiger partial charge in [-0.3, -0.25) is 0 Å². The first-order chi connectivity index (χ1) is 10.9. The van der Waals surface area contributed by atoms with E-state index in [4.69, 9.17) is 0 Å². The summed E-state index contributed by atoms with van der Waals surface area (Å²) in [5.74, 6) is 0.405. The fourth-order valence-electron chi connectivity index (χ4n) is 3.44. The molecule has 1 aliphatic rings. The van der Waals surface area contributed by atoms with Gasteiger partial charge in [-0.1, -0.05) is 0 Å². The number of nitrogens with zero attached hydrogens (tertiary/aromatic N) is 3. The molecule has 2 unspecified atom stereocenters. The van der Waals surface area contributed by atoms with Gasteiger partial charge in [0.05, 0.1) is 24.8 Å². The molecular formula is C16H19FN5+. The van der Waals surface area contributed by atoms with Crippen molar-refractivity contribution in [1.82, 2.24) is 19.5 Å². The lowest BCUT2D eigenvalue weighted by Gasteiger charge is -2.19. The minimum atomic E-state index is -0.323. The smallest absolute Gasteiger partial charge is 0.141 e. The normalized spacial score (nSPS) is 19.8. The summed E-state index contributed by atoms with van der Waals surface area (Å²) in [6, 6.07) is 3.91. The van der Waals surface area contributed by atoms with Gasteiger partial charge < -0.3 is 14.9 Å². The van der Waals surface area contributed by atoms with Crippen LogP contribution in [-0.2, 0) is 0 Å². The van der Waals surface area contributed by atoms with Gasteiger partial charge in [0.15, 0.2) is 0 Å². The molecule has 22 heavy (non-hydrogen) atoms. The maximum atomic E-state index is 13.5. The van der Waals surface area contributed by atoms with Gasteiger partial charge in [-0.15, -0.1) is 0 Å². The van der Waals surface area contributed by atoms with Gasteiger partial charge in [0, 0.05) is 41.9 Å². The molecular weight excluding hydrogens is 281 g/mol. The molecule has 6 heteroatoms. The molecule has 5 nitrogen and oxygen atoms in total. The van der Waals surface area contributed by atoms with Gasteiger partial charge in [0.1, 0.15) is 18.6 Å². The molecule has 0 spiro atoms. The highest BCUT2D eigenvalue weighted by molar-refractivity contribution is 5.90. The zero-order valence-electron chi connectivity index (χ0n) is 12.2. The molecule has 0 saturated carbocycles. The first kappa shape index (κ1) is 13.5. The second-order valence-electron chi connectivity index (χ2n) is 5.89. The number of nitrogens with two attached hydrogens (primary N) is 1. The number of fused-ring (bicyclic) bond motifs is 1. The number of hydrogen-bond donors (Lipinski definition) is 2. The average Bonchev–Trinajstić information content (AvgIpc) is 3.29. The highest BCUT2D eigenvalue weighted by Gasteiger charge is 2.28. The molecule has 0 bridgehead atoms. The van der Waals surface area contributed by atoms with Crippen molar-refractivity contribution in [2.45, 2.75) is 12.5 Å². The molecule has 1 saturated heterocycles. The van der Waals surface area contributed by atoms with Crippen molar-refractivity contribution < 1.29 is 9.71 Å². The molecule has 1 aliphatic heterocycles. The van der Waals surface area contributed by atoms with Crippen molar-refractivity contribution in [2.75, 3.05) is 19.8 Å². The van der Waals surface area contributed by atoms with E-state index in [1.165, 1.54) is 0 Å². The number of hydrogen-bond acceptors (Lipinski definition) is 2. The van der Waals surface area contributed by atoms with Gasteiger partial charge in [-0.05, 0) is 12.1 Å². The van der Waals surface area contributed by atoms with Crippen molar-refractivity contribution in [3.05, 3.63) is 37.1 Å². The summed E-state index contributed by atoms with van der Waals surface area (Å²) in [6.07, 6.45) is 8.48. The topological polar surface area (TPSA) is 63.1 Å². The summed E-state index contributed by atoms with van der Waals surface area (Å²) in [5.41, 5.74) is 2.72. The Bertz CT molecular complexity index is 772. The van der Waals surface area contributed by atoms with Crippen molar-refractivity contribution >= 4 is 11.0 Å². The van der Waals surface area contributed by atoms with Crippen LogP contribution in [0.25, 0.3) is 22.3 Å². The molecule has 0 aromatic carbocycles. The van der Waals surface area contributed by atoms with Crippen LogP contribution in [0.2, 0.25) is 0 Å². The lowest BCUT2D eigenvalue weighted by Crippen LogP contribution is -2.81. The molecule has 0 radical (unpaired) electrons. The number of alkyl halides is 1. The fourth-order valence-corrected chi connectivity index (χ4v) is 3.44. The molecule has 4 rings (SSSR count). The zero-order valence-corrected chi connectivity index (χ0v) is 12.2. The van der Waals surface area contributed by atoms with Gasteiger partial charge in [0.25, 0.3) is 0 Å². The third-order valence-electron chi connectivity index (χ3n) is 4.64. The predicted octanol–water partition coefficient (Wildman–Crippen LogP) is 1.52. The van der Waals surface area contributed by atoms with Crippen molar-refractivity contribution in [2.24, 2.45) is 5.92 Å². The molecule has 4 heterocycles. The van der Waals surface area contributed by atoms with Crippen LogP contribution in [0.4, 0.5) is 4.39 Å². The zero-order chi connectivity index (χ0) is 14.9. The number of aromatic nitrogens is 4. The maximum Gasteiger partial charge on any atom is 0.141 e. The SMILES string of the molecule is FCC(C1CC[NH2+]C1)n1ccc(-c2ncnc3[nH]ccc23)c1. The minimum Gasteiger partial charge on any atom is -0.347 e. The Hall–Kier alpha value is -2.21. The Morgan fingerprint density at radius 2 is 2.36 bits per heavy atom. The monoisotopic (exact) mass is 300 g/mol. The van der Waals surface area contributed by atoms with E-state index < -0.39 is 0 Å². The van der Waals surface area contributed by atoms with Gasteiger partial charge in [-0.25, -0.2) is 14.4 Å². The van der Waals surface area contributed by atoms with E-state index in [2.05, 4.69) is 20.3 Å². The summed E-state index contributed by atoms with van der Waals surface area (Å²) >= 11 is 0. The van der Waals surface area contributed by atoms with Crippen LogP contribution in [0, 0.1) is 5.92 Å².